The number of carbonyl (C=O) groups excluding carboxylic acids is 2. The first-order chi connectivity index (χ1) is 12.4. The summed E-state index contributed by atoms with van der Waals surface area (Å²) in [6, 6.07) is 12.5. The third-order valence-electron chi connectivity index (χ3n) is 4.68. The Bertz CT molecular complexity index is 808. The summed E-state index contributed by atoms with van der Waals surface area (Å²) in [5, 5.41) is 2.85. The van der Waals surface area contributed by atoms with E-state index in [1.165, 1.54) is 0 Å². The van der Waals surface area contributed by atoms with Gasteiger partial charge in [-0.3, -0.25) is 9.59 Å². The number of rotatable bonds is 3. The number of amides is 2. The summed E-state index contributed by atoms with van der Waals surface area (Å²) in [5.41, 5.74) is 2.16. The van der Waals surface area contributed by atoms with Crippen molar-refractivity contribution >= 4 is 17.5 Å². The zero-order valence-electron chi connectivity index (χ0n) is 15.5. The molecule has 5 nitrogen and oxygen atoms in total. The maximum absolute atomic E-state index is 13.0. The molecule has 1 aliphatic rings. The minimum Gasteiger partial charge on any atom is -0.338 e. The van der Waals surface area contributed by atoms with E-state index in [1.54, 1.807) is 24.3 Å². The summed E-state index contributed by atoms with van der Waals surface area (Å²) in [6.45, 7) is 7.70. The molecule has 136 valence electrons. The van der Waals surface area contributed by atoms with E-state index in [0.717, 1.165) is 25.2 Å². The van der Waals surface area contributed by atoms with Crippen LogP contribution in [-0.4, -0.2) is 34.8 Å². The summed E-state index contributed by atoms with van der Waals surface area (Å²) in [7, 11) is 0. The van der Waals surface area contributed by atoms with Gasteiger partial charge in [0.15, 0.2) is 0 Å². The normalized spacial score (nSPS) is 19.9. The molecule has 0 bridgehead atoms. The van der Waals surface area contributed by atoms with Crippen LogP contribution in [0.5, 0.6) is 0 Å². The molecule has 0 spiro atoms. The van der Waals surface area contributed by atoms with Gasteiger partial charge in [-0.05, 0) is 49.4 Å². The number of anilines is 1. The minimum atomic E-state index is -0.311. The van der Waals surface area contributed by atoms with Crippen molar-refractivity contribution in [3.05, 3.63) is 59.4 Å². The van der Waals surface area contributed by atoms with Gasteiger partial charge in [-0.1, -0.05) is 32.0 Å². The number of piperidine rings is 1. The number of likely N-dealkylation sites (tertiary alicyclic amines) is 1. The van der Waals surface area contributed by atoms with Crippen LogP contribution >= 0.6 is 0 Å². The fraction of sp³-hybridized carbons (Fsp3) is 0.381. The van der Waals surface area contributed by atoms with E-state index < -0.39 is 0 Å². The van der Waals surface area contributed by atoms with Gasteiger partial charge in [0, 0.05) is 18.8 Å². The van der Waals surface area contributed by atoms with Crippen LogP contribution in [0.2, 0.25) is 0 Å². The maximum atomic E-state index is 13.0. The molecule has 2 amide bonds. The molecule has 26 heavy (non-hydrogen) atoms. The standard InChI is InChI=1S/C21H25N3O2/c1-14-11-15(2)13-24(12-14)21(26)17-8-4-5-9-18(17)23-20(25)19-10-6-7-16(3)22-19/h4-10,14-15H,11-13H2,1-3H3,(H,23,25). The molecule has 2 unspecified atom stereocenters. The van der Waals surface area contributed by atoms with Crippen molar-refractivity contribution in [2.45, 2.75) is 27.2 Å². The highest BCUT2D eigenvalue weighted by atomic mass is 16.2. The quantitative estimate of drug-likeness (QED) is 0.916. The Labute approximate surface area is 154 Å². The number of pyridine rings is 1. The summed E-state index contributed by atoms with van der Waals surface area (Å²) < 4.78 is 0. The Balaban J connectivity index is 1.82. The molecule has 5 heteroatoms. The molecule has 1 aromatic heterocycles. The summed E-state index contributed by atoms with van der Waals surface area (Å²) in [5.74, 6) is 0.632. The van der Waals surface area contributed by atoms with Gasteiger partial charge < -0.3 is 10.2 Å². The molecule has 3 rings (SSSR count). The molecule has 0 radical (unpaired) electrons. The first-order valence-corrected chi connectivity index (χ1v) is 9.07. The van der Waals surface area contributed by atoms with Gasteiger partial charge in [-0.25, -0.2) is 4.98 Å². The molecule has 1 fully saturated rings. The first kappa shape index (κ1) is 18.1. The van der Waals surface area contributed by atoms with E-state index in [1.807, 2.05) is 30.0 Å². The Morgan fingerprint density at radius 2 is 1.73 bits per heavy atom. The number of hydrogen-bond donors (Lipinski definition) is 1. The molecule has 2 heterocycles. The van der Waals surface area contributed by atoms with Crippen molar-refractivity contribution in [3.63, 3.8) is 0 Å². The fourth-order valence-electron chi connectivity index (χ4n) is 3.63. The van der Waals surface area contributed by atoms with Crippen molar-refractivity contribution in [2.75, 3.05) is 18.4 Å². The van der Waals surface area contributed by atoms with E-state index in [-0.39, 0.29) is 11.8 Å². The highest BCUT2D eigenvalue weighted by Gasteiger charge is 2.27. The van der Waals surface area contributed by atoms with Gasteiger partial charge in [0.05, 0.1) is 11.3 Å². The molecule has 2 atom stereocenters. The van der Waals surface area contributed by atoms with Crippen LogP contribution < -0.4 is 5.32 Å². The van der Waals surface area contributed by atoms with E-state index in [0.29, 0.717) is 28.8 Å². The predicted octanol–water partition coefficient (Wildman–Crippen LogP) is 3.76. The van der Waals surface area contributed by atoms with E-state index >= 15 is 0 Å². The Hall–Kier alpha value is -2.69. The van der Waals surface area contributed by atoms with Crippen LogP contribution in [0, 0.1) is 18.8 Å². The Morgan fingerprint density at radius 3 is 2.42 bits per heavy atom. The number of aryl methyl sites for hydroxylation is 1. The van der Waals surface area contributed by atoms with Crippen LogP contribution in [0.3, 0.4) is 0 Å². The van der Waals surface area contributed by atoms with Crippen molar-refractivity contribution in [1.29, 1.82) is 0 Å². The number of hydrogen-bond acceptors (Lipinski definition) is 3. The lowest BCUT2D eigenvalue weighted by Gasteiger charge is -2.35. The van der Waals surface area contributed by atoms with Gasteiger partial charge in [0.2, 0.25) is 0 Å². The number of benzene rings is 1. The lowest BCUT2D eigenvalue weighted by atomic mass is 9.91. The Morgan fingerprint density at radius 1 is 1.04 bits per heavy atom. The summed E-state index contributed by atoms with van der Waals surface area (Å²) >= 11 is 0. The SMILES string of the molecule is Cc1cccc(C(=O)Nc2ccccc2C(=O)N2CC(C)CC(C)C2)n1. The molecule has 1 aromatic carbocycles. The molecule has 1 N–H and O–H groups in total. The Kier molecular flexibility index (Phi) is 5.35. The van der Waals surface area contributed by atoms with Gasteiger partial charge in [-0.15, -0.1) is 0 Å². The lowest BCUT2D eigenvalue weighted by molar-refractivity contribution is 0.0624. The molecular weight excluding hydrogens is 326 g/mol. The largest absolute Gasteiger partial charge is 0.338 e. The predicted molar refractivity (Wildman–Crippen MR) is 102 cm³/mol. The third-order valence-corrected chi connectivity index (χ3v) is 4.68. The highest BCUT2D eigenvalue weighted by Crippen LogP contribution is 2.25. The lowest BCUT2D eigenvalue weighted by Crippen LogP contribution is -2.42. The second-order valence-corrected chi connectivity index (χ2v) is 7.32. The van der Waals surface area contributed by atoms with Crippen LogP contribution in [0.15, 0.2) is 42.5 Å². The van der Waals surface area contributed by atoms with E-state index in [2.05, 4.69) is 24.1 Å². The van der Waals surface area contributed by atoms with Crippen LogP contribution in [-0.2, 0) is 0 Å². The summed E-state index contributed by atoms with van der Waals surface area (Å²) in [4.78, 5) is 31.7. The second kappa shape index (κ2) is 7.68. The van der Waals surface area contributed by atoms with E-state index in [9.17, 15) is 9.59 Å². The van der Waals surface area contributed by atoms with Crippen LogP contribution in [0.1, 0.15) is 46.8 Å². The topological polar surface area (TPSA) is 62.3 Å². The average Bonchev–Trinajstić information content (AvgIpc) is 2.61. The van der Waals surface area contributed by atoms with Crippen molar-refractivity contribution < 1.29 is 9.59 Å². The van der Waals surface area contributed by atoms with Crippen molar-refractivity contribution in [1.82, 2.24) is 9.88 Å². The molecule has 1 aliphatic heterocycles. The number of carbonyl (C=O) groups is 2. The highest BCUT2D eigenvalue weighted by molar-refractivity contribution is 6.08. The second-order valence-electron chi connectivity index (χ2n) is 7.32. The number of nitrogens with one attached hydrogen (secondary N) is 1. The summed E-state index contributed by atoms with van der Waals surface area (Å²) in [6.07, 6.45) is 1.14. The van der Waals surface area contributed by atoms with Crippen molar-refractivity contribution in [2.24, 2.45) is 11.8 Å². The number of para-hydroxylation sites is 1. The van der Waals surface area contributed by atoms with Gasteiger partial charge in [0.25, 0.3) is 11.8 Å². The molecule has 1 saturated heterocycles. The van der Waals surface area contributed by atoms with Crippen LogP contribution in [0.4, 0.5) is 5.69 Å². The number of aromatic nitrogens is 1. The fourth-order valence-corrected chi connectivity index (χ4v) is 3.63. The van der Waals surface area contributed by atoms with Gasteiger partial charge in [0.1, 0.15) is 5.69 Å². The number of nitrogens with zero attached hydrogens (tertiary/aromatic N) is 2. The first-order valence-electron chi connectivity index (χ1n) is 9.07. The average molecular weight is 351 g/mol. The third kappa shape index (κ3) is 4.10. The minimum absolute atomic E-state index is 0.0310. The van der Waals surface area contributed by atoms with Gasteiger partial charge >= 0.3 is 0 Å². The zero-order chi connectivity index (χ0) is 18.7. The van der Waals surface area contributed by atoms with Crippen LogP contribution in [0.25, 0.3) is 0 Å². The molecule has 0 saturated carbocycles. The van der Waals surface area contributed by atoms with E-state index in [4.69, 9.17) is 0 Å². The zero-order valence-corrected chi connectivity index (χ0v) is 15.5. The van der Waals surface area contributed by atoms with Crippen molar-refractivity contribution in [3.8, 4) is 0 Å². The van der Waals surface area contributed by atoms with Gasteiger partial charge in [-0.2, -0.15) is 0 Å². The molecule has 2 aromatic rings. The maximum Gasteiger partial charge on any atom is 0.274 e. The smallest absolute Gasteiger partial charge is 0.274 e. The molecular formula is C21H25N3O2. The molecule has 0 aliphatic carbocycles. The monoisotopic (exact) mass is 351 g/mol.